The van der Waals surface area contributed by atoms with Crippen molar-refractivity contribution in [1.29, 1.82) is 0 Å². The predicted octanol–water partition coefficient (Wildman–Crippen LogP) is 2.14. The van der Waals surface area contributed by atoms with Gasteiger partial charge in [0.1, 0.15) is 30.3 Å². The second kappa shape index (κ2) is 8.88. The Morgan fingerprint density at radius 3 is 2.82 bits per heavy atom. The number of carbonyl (C=O) groups is 1. The van der Waals surface area contributed by atoms with E-state index in [1.54, 1.807) is 6.33 Å². The number of likely N-dealkylation sites (tertiary alicyclic amines) is 2. The maximum atomic E-state index is 11.8. The van der Waals surface area contributed by atoms with Crippen LogP contribution in [0, 0.1) is 0 Å². The highest BCUT2D eigenvalue weighted by Gasteiger charge is 2.37. The third-order valence-electron chi connectivity index (χ3n) is 7.42. The molecule has 6 rings (SSSR count). The van der Waals surface area contributed by atoms with Crippen molar-refractivity contribution in [3.05, 3.63) is 48.3 Å². The molecule has 1 atom stereocenters. The van der Waals surface area contributed by atoms with E-state index in [-0.39, 0.29) is 5.91 Å². The predicted molar refractivity (Wildman–Crippen MR) is 129 cm³/mol. The van der Waals surface area contributed by atoms with Crippen molar-refractivity contribution < 1.29 is 14.3 Å². The van der Waals surface area contributed by atoms with Crippen molar-refractivity contribution in [1.82, 2.24) is 19.8 Å². The summed E-state index contributed by atoms with van der Waals surface area (Å²) in [7, 11) is 0. The van der Waals surface area contributed by atoms with Crippen LogP contribution >= 0.6 is 0 Å². The topological polar surface area (TPSA) is 83.1 Å². The molecule has 9 nitrogen and oxygen atoms in total. The van der Waals surface area contributed by atoms with Crippen LogP contribution in [-0.2, 0) is 16.1 Å². The molecule has 178 valence electrons. The number of fused-ring (bicyclic) bond motifs is 2. The monoisotopic (exact) mass is 462 g/mol. The van der Waals surface area contributed by atoms with Gasteiger partial charge in [0.25, 0.3) is 0 Å². The molecular weight excluding hydrogens is 432 g/mol. The van der Waals surface area contributed by atoms with Crippen LogP contribution in [0.15, 0.2) is 37.2 Å². The second-order valence-corrected chi connectivity index (χ2v) is 9.37. The summed E-state index contributed by atoms with van der Waals surface area (Å²) < 4.78 is 11.7. The van der Waals surface area contributed by atoms with E-state index in [9.17, 15) is 4.79 Å². The molecule has 1 aromatic heterocycles. The lowest BCUT2D eigenvalue weighted by Crippen LogP contribution is -2.60. The first-order valence-electron chi connectivity index (χ1n) is 12.1. The number of amides is 1. The molecule has 0 aliphatic carbocycles. The lowest BCUT2D eigenvalue weighted by Gasteiger charge is -2.43. The molecule has 1 amide bonds. The number of hydrogen-bond acceptors (Lipinski definition) is 8. The highest BCUT2D eigenvalue weighted by atomic mass is 16.5. The number of anilines is 3. The van der Waals surface area contributed by atoms with Crippen LogP contribution in [0.1, 0.15) is 23.5 Å². The number of nitrogens with zero attached hydrogens (tertiary/aromatic N) is 5. The van der Waals surface area contributed by atoms with Gasteiger partial charge < -0.3 is 24.6 Å². The summed E-state index contributed by atoms with van der Waals surface area (Å²) in [5.41, 5.74) is 3.24. The van der Waals surface area contributed by atoms with Crippen LogP contribution < -0.4 is 15.0 Å². The number of carbonyl (C=O) groups excluding carboxylic acids is 1. The Labute approximate surface area is 199 Å². The molecule has 4 aliphatic rings. The molecule has 0 radical (unpaired) electrons. The molecule has 0 bridgehead atoms. The lowest BCUT2D eigenvalue weighted by molar-refractivity contribution is -0.132. The summed E-state index contributed by atoms with van der Waals surface area (Å²) in [6, 6.07) is 6.93. The molecule has 34 heavy (non-hydrogen) atoms. The first kappa shape index (κ1) is 21.4. The van der Waals surface area contributed by atoms with Gasteiger partial charge in [-0.05, 0) is 42.7 Å². The number of rotatable bonds is 4. The van der Waals surface area contributed by atoms with E-state index in [4.69, 9.17) is 9.47 Å². The SMILES string of the molecule is C=CC(=O)N1CC(N2CC[C@H](c3ccc4c(c3)Nc3ncnc(N5CCOCC5)c3CO4)C2)C1. The fourth-order valence-electron chi connectivity index (χ4n) is 5.38. The summed E-state index contributed by atoms with van der Waals surface area (Å²) in [6.07, 6.45) is 4.14. The Morgan fingerprint density at radius 2 is 2.00 bits per heavy atom. The highest BCUT2D eigenvalue weighted by Crippen LogP contribution is 2.39. The summed E-state index contributed by atoms with van der Waals surface area (Å²) >= 11 is 0. The molecule has 3 fully saturated rings. The van der Waals surface area contributed by atoms with Crippen LogP contribution in [0.4, 0.5) is 17.3 Å². The van der Waals surface area contributed by atoms with Crippen LogP contribution in [0.2, 0.25) is 0 Å². The van der Waals surface area contributed by atoms with Crippen molar-refractivity contribution in [2.24, 2.45) is 0 Å². The van der Waals surface area contributed by atoms with E-state index in [1.165, 1.54) is 11.6 Å². The van der Waals surface area contributed by atoms with Gasteiger partial charge in [-0.3, -0.25) is 9.69 Å². The third kappa shape index (κ3) is 3.88. The minimum atomic E-state index is 0.0321. The van der Waals surface area contributed by atoms with E-state index >= 15 is 0 Å². The number of aromatic nitrogens is 2. The van der Waals surface area contributed by atoms with E-state index < -0.39 is 0 Å². The maximum Gasteiger partial charge on any atom is 0.246 e. The van der Waals surface area contributed by atoms with Gasteiger partial charge >= 0.3 is 0 Å². The van der Waals surface area contributed by atoms with Gasteiger partial charge in [0.2, 0.25) is 5.91 Å². The van der Waals surface area contributed by atoms with Gasteiger partial charge in [0.05, 0.1) is 24.5 Å². The maximum absolute atomic E-state index is 11.8. The number of nitrogens with one attached hydrogen (secondary N) is 1. The Balaban J connectivity index is 1.17. The van der Waals surface area contributed by atoms with Crippen molar-refractivity contribution in [3.63, 3.8) is 0 Å². The van der Waals surface area contributed by atoms with E-state index in [1.807, 2.05) is 4.90 Å². The smallest absolute Gasteiger partial charge is 0.246 e. The van der Waals surface area contributed by atoms with E-state index in [2.05, 4.69) is 49.9 Å². The van der Waals surface area contributed by atoms with Gasteiger partial charge in [0, 0.05) is 38.8 Å². The number of benzene rings is 1. The number of hydrogen-bond donors (Lipinski definition) is 1. The summed E-state index contributed by atoms with van der Waals surface area (Å²) in [5.74, 6) is 3.06. The molecule has 2 aromatic rings. The van der Waals surface area contributed by atoms with E-state index in [0.717, 1.165) is 74.3 Å². The minimum absolute atomic E-state index is 0.0321. The zero-order valence-corrected chi connectivity index (χ0v) is 19.3. The average molecular weight is 463 g/mol. The molecule has 4 aliphatic heterocycles. The van der Waals surface area contributed by atoms with Gasteiger partial charge in [-0.1, -0.05) is 12.6 Å². The molecule has 0 unspecified atom stereocenters. The minimum Gasteiger partial charge on any atom is -0.486 e. The van der Waals surface area contributed by atoms with Gasteiger partial charge in [-0.25, -0.2) is 9.97 Å². The molecule has 5 heterocycles. The Hall–Kier alpha value is -3.17. The van der Waals surface area contributed by atoms with Gasteiger partial charge in [0.15, 0.2) is 0 Å². The fourth-order valence-corrected chi connectivity index (χ4v) is 5.38. The molecule has 1 aromatic carbocycles. The fraction of sp³-hybridized carbons (Fsp3) is 0.480. The second-order valence-electron chi connectivity index (χ2n) is 9.37. The Kier molecular flexibility index (Phi) is 5.58. The Bertz CT molecular complexity index is 1100. The summed E-state index contributed by atoms with van der Waals surface area (Å²) in [6.45, 7) is 10.8. The molecular formula is C25H30N6O3. The first-order chi connectivity index (χ1) is 16.7. The molecule has 3 saturated heterocycles. The van der Waals surface area contributed by atoms with Crippen molar-refractivity contribution in [2.45, 2.75) is 25.0 Å². The Morgan fingerprint density at radius 1 is 1.15 bits per heavy atom. The first-order valence-corrected chi connectivity index (χ1v) is 12.1. The summed E-state index contributed by atoms with van der Waals surface area (Å²) in [4.78, 5) is 27.5. The van der Waals surface area contributed by atoms with E-state index in [0.29, 0.717) is 31.8 Å². The highest BCUT2D eigenvalue weighted by molar-refractivity contribution is 5.87. The third-order valence-corrected chi connectivity index (χ3v) is 7.42. The normalized spacial score (nSPS) is 22.6. The zero-order valence-electron chi connectivity index (χ0n) is 19.3. The standard InChI is InChI=1S/C25H30N6O3/c1-2-23(32)31-13-19(14-31)30-6-5-18(12-30)17-3-4-22-21(11-17)28-24-20(15-34-22)25(27-16-26-24)29-7-9-33-10-8-29/h2-4,11,16,18-19H,1,5-10,12-15H2,(H,26,27,28)/t18-/m0/s1. The van der Waals surface area contributed by atoms with Crippen LogP contribution in [0.5, 0.6) is 5.75 Å². The van der Waals surface area contributed by atoms with Crippen molar-refractivity contribution in [3.8, 4) is 5.75 Å². The van der Waals surface area contributed by atoms with Crippen LogP contribution in [-0.4, -0.2) is 84.2 Å². The van der Waals surface area contributed by atoms with Gasteiger partial charge in [-0.2, -0.15) is 0 Å². The number of ether oxygens (including phenoxy) is 2. The quantitative estimate of drug-likeness (QED) is 0.692. The molecule has 9 heteroatoms. The van der Waals surface area contributed by atoms with Gasteiger partial charge in [-0.15, -0.1) is 0 Å². The largest absolute Gasteiger partial charge is 0.486 e. The average Bonchev–Trinajstić information content (AvgIpc) is 3.24. The molecule has 0 saturated carbocycles. The molecule has 1 N–H and O–H groups in total. The van der Waals surface area contributed by atoms with Crippen LogP contribution in [0.25, 0.3) is 0 Å². The number of morpholine rings is 1. The van der Waals surface area contributed by atoms with Crippen molar-refractivity contribution >= 4 is 23.2 Å². The van der Waals surface area contributed by atoms with Crippen molar-refractivity contribution in [2.75, 3.05) is 62.7 Å². The lowest BCUT2D eigenvalue weighted by atomic mass is 9.97. The summed E-state index contributed by atoms with van der Waals surface area (Å²) in [5, 5.41) is 3.53. The molecule has 0 spiro atoms. The zero-order chi connectivity index (χ0) is 23.1. The van der Waals surface area contributed by atoms with Crippen LogP contribution in [0.3, 0.4) is 0 Å².